The maximum Gasteiger partial charge on any atom is 0.185 e. The number of aldehydes is 1. The molecule has 0 spiro atoms. The zero-order chi connectivity index (χ0) is 9.80. The van der Waals surface area contributed by atoms with Gasteiger partial charge in [-0.2, -0.15) is 0 Å². The molecule has 14 heavy (non-hydrogen) atoms. The number of hydrogen-bond acceptors (Lipinski definition) is 4. The molecule has 0 amide bonds. The van der Waals surface area contributed by atoms with Gasteiger partial charge in [0.05, 0.1) is 13.2 Å². The quantitative estimate of drug-likeness (QED) is 0.565. The summed E-state index contributed by atoms with van der Waals surface area (Å²) in [6.45, 7) is 1.27. The number of carbonyl (C=O) groups is 1. The minimum Gasteiger partial charge on any atom is -0.346 e. The molecule has 0 N–H and O–H groups in total. The topological polar surface area (TPSA) is 35.5 Å². The van der Waals surface area contributed by atoms with Crippen LogP contribution in [0.4, 0.5) is 0 Å². The molecule has 1 aliphatic rings. The van der Waals surface area contributed by atoms with Gasteiger partial charge in [-0.25, -0.2) is 0 Å². The van der Waals surface area contributed by atoms with Crippen LogP contribution >= 0.6 is 11.3 Å². The van der Waals surface area contributed by atoms with E-state index in [-0.39, 0.29) is 6.29 Å². The van der Waals surface area contributed by atoms with E-state index >= 15 is 0 Å². The Labute approximate surface area is 86.0 Å². The van der Waals surface area contributed by atoms with Gasteiger partial charge in [0.2, 0.25) is 0 Å². The largest absolute Gasteiger partial charge is 0.346 e. The molecule has 2 rings (SSSR count). The lowest BCUT2D eigenvalue weighted by Crippen LogP contribution is -1.97. The van der Waals surface area contributed by atoms with Crippen molar-refractivity contribution < 1.29 is 14.3 Å². The zero-order valence-electron chi connectivity index (χ0n) is 7.51. The molecular formula is C10H10O3S. The SMILES string of the molecule is O=CC=Cc1sccc1C1OCCO1. The Hall–Kier alpha value is -0.970. The maximum atomic E-state index is 10.2. The first-order valence-electron chi connectivity index (χ1n) is 4.34. The second-order valence-electron chi connectivity index (χ2n) is 2.81. The number of ether oxygens (including phenoxy) is 2. The normalized spacial score (nSPS) is 18.0. The molecule has 1 saturated heterocycles. The third-order valence-corrected chi connectivity index (χ3v) is 2.83. The van der Waals surface area contributed by atoms with Gasteiger partial charge in [-0.3, -0.25) is 4.79 Å². The smallest absolute Gasteiger partial charge is 0.185 e. The first-order valence-corrected chi connectivity index (χ1v) is 5.22. The highest BCUT2D eigenvalue weighted by Gasteiger charge is 2.20. The predicted octanol–water partition coefficient (Wildman–Crippen LogP) is 2.01. The number of allylic oxidation sites excluding steroid dienone is 1. The fraction of sp³-hybridized carbons (Fsp3) is 0.300. The van der Waals surface area contributed by atoms with Gasteiger partial charge in [0.15, 0.2) is 6.29 Å². The van der Waals surface area contributed by atoms with Crippen LogP contribution in [-0.2, 0) is 14.3 Å². The summed E-state index contributed by atoms with van der Waals surface area (Å²) >= 11 is 1.57. The van der Waals surface area contributed by atoms with E-state index in [1.165, 1.54) is 6.08 Å². The molecule has 3 nitrogen and oxygen atoms in total. The Morgan fingerprint density at radius 2 is 2.21 bits per heavy atom. The van der Waals surface area contributed by atoms with Crippen LogP contribution in [0.1, 0.15) is 16.7 Å². The van der Waals surface area contributed by atoms with E-state index in [0.29, 0.717) is 13.2 Å². The van der Waals surface area contributed by atoms with Crippen molar-refractivity contribution in [3.63, 3.8) is 0 Å². The molecule has 0 aliphatic carbocycles. The molecule has 0 radical (unpaired) electrons. The average Bonchev–Trinajstić information content (AvgIpc) is 2.84. The summed E-state index contributed by atoms with van der Waals surface area (Å²) in [6.07, 6.45) is 3.76. The molecule has 1 fully saturated rings. The monoisotopic (exact) mass is 210 g/mol. The summed E-state index contributed by atoms with van der Waals surface area (Å²) in [5.41, 5.74) is 1.01. The summed E-state index contributed by atoms with van der Waals surface area (Å²) in [7, 11) is 0. The van der Waals surface area contributed by atoms with Crippen molar-refractivity contribution in [1.82, 2.24) is 0 Å². The molecule has 1 aliphatic heterocycles. The van der Waals surface area contributed by atoms with E-state index in [1.807, 2.05) is 11.4 Å². The van der Waals surface area contributed by atoms with Gasteiger partial charge in [-0.1, -0.05) is 0 Å². The van der Waals surface area contributed by atoms with E-state index in [4.69, 9.17) is 9.47 Å². The number of rotatable bonds is 3. The highest BCUT2D eigenvalue weighted by molar-refractivity contribution is 7.11. The van der Waals surface area contributed by atoms with Crippen LogP contribution in [0.15, 0.2) is 17.5 Å². The molecule has 0 aromatic carbocycles. The van der Waals surface area contributed by atoms with Crippen LogP contribution in [0.2, 0.25) is 0 Å². The van der Waals surface area contributed by atoms with Crippen LogP contribution in [-0.4, -0.2) is 19.5 Å². The first kappa shape index (κ1) is 9.58. The third kappa shape index (κ3) is 1.92. The lowest BCUT2D eigenvalue weighted by molar-refractivity contribution is -0.104. The highest BCUT2D eigenvalue weighted by atomic mass is 32.1. The molecule has 4 heteroatoms. The van der Waals surface area contributed by atoms with Crippen molar-refractivity contribution in [2.75, 3.05) is 13.2 Å². The molecular weight excluding hydrogens is 200 g/mol. The molecule has 0 saturated carbocycles. The average molecular weight is 210 g/mol. The molecule has 0 bridgehead atoms. The lowest BCUT2D eigenvalue weighted by atomic mass is 10.2. The van der Waals surface area contributed by atoms with Gasteiger partial charge < -0.3 is 9.47 Å². The van der Waals surface area contributed by atoms with Gasteiger partial charge >= 0.3 is 0 Å². The summed E-state index contributed by atoms with van der Waals surface area (Å²) in [5, 5.41) is 1.96. The van der Waals surface area contributed by atoms with Crippen molar-refractivity contribution in [3.05, 3.63) is 28.0 Å². The lowest BCUT2D eigenvalue weighted by Gasteiger charge is -2.07. The molecule has 0 atom stereocenters. The minimum atomic E-state index is -0.257. The predicted molar refractivity (Wildman–Crippen MR) is 54.1 cm³/mol. The Kier molecular flexibility index (Phi) is 3.08. The summed E-state index contributed by atoms with van der Waals surface area (Å²) in [5.74, 6) is 0. The van der Waals surface area contributed by atoms with E-state index in [0.717, 1.165) is 16.7 Å². The second-order valence-corrected chi connectivity index (χ2v) is 3.76. The first-order chi connectivity index (χ1) is 6.92. The van der Waals surface area contributed by atoms with Gasteiger partial charge in [-0.05, 0) is 23.6 Å². The second kappa shape index (κ2) is 4.50. The Bertz CT molecular complexity index is 337. The van der Waals surface area contributed by atoms with E-state index in [1.54, 1.807) is 17.4 Å². The molecule has 1 aromatic rings. The van der Waals surface area contributed by atoms with Gasteiger partial charge in [0, 0.05) is 10.4 Å². The van der Waals surface area contributed by atoms with Crippen LogP contribution in [0.5, 0.6) is 0 Å². The van der Waals surface area contributed by atoms with Crippen LogP contribution in [0, 0.1) is 0 Å². The summed E-state index contributed by atoms with van der Waals surface area (Å²) in [6, 6.07) is 1.96. The third-order valence-electron chi connectivity index (χ3n) is 1.93. The van der Waals surface area contributed by atoms with Crippen molar-refractivity contribution in [1.29, 1.82) is 0 Å². The van der Waals surface area contributed by atoms with Crippen molar-refractivity contribution in [2.45, 2.75) is 6.29 Å². The number of thiophene rings is 1. The Balaban J connectivity index is 2.19. The molecule has 74 valence electrons. The fourth-order valence-corrected chi connectivity index (χ4v) is 2.14. The highest BCUT2D eigenvalue weighted by Crippen LogP contribution is 2.30. The van der Waals surface area contributed by atoms with Gasteiger partial charge in [0.1, 0.15) is 6.29 Å². The minimum absolute atomic E-state index is 0.257. The van der Waals surface area contributed by atoms with Crippen molar-refractivity contribution in [3.8, 4) is 0 Å². The van der Waals surface area contributed by atoms with Crippen molar-refractivity contribution in [2.24, 2.45) is 0 Å². The van der Waals surface area contributed by atoms with Crippen LogP contribution < -0.4 is 0 Å². The van der Waals surface area contributed by atoms with Crippen LogP contribution in [0.25, 0.3) is 6.08 Å². The van der Waals surface area contributed by atoms with E-state index in [2.05, 4.69) is 0 Å². The van der Waals surface area contributed by atoms with Gasteiger partial charge in [-0.15, -0.1) is 11.3 Å². The van der Waals surface area contributed by atoms with Crippen LogP contribution in [0.3, 0.4) is 0 Å². The zero-order valence-corrected chi connectivity index (χ0v) is 8.33. The maximum absolute atomic E-state index is 10.2. The van der Waals surface area contributed by atoms with E-state index < -0.39 is 0 Å². The standard InChI is InChI=1S/C10H10O3S/c11-4-1-2-9-8(3-7-14-9)10-12-5-6-13-10/h1-4,7,10H,5-6H2. The number of carbonyl (C=O) groups excluding carboxylic acids is 1. The Morgan fingerprint density at radius 3 is 2.93 bits per heavy atom. The fourth-order valence-electron chi connectivity index (χ4n) is 1.33. The molecule has 0 unspecified atom stereocenters. The van der Waals surface area contributed by atoms with Crippen molar-refractivity contribution >= 4 is 23.7 Å². The summed E-state index contributed by atoms with van der Waals surface area (Å²) < 4.78 is 10.8. The molecule has 1 aromatic heterocycles. The number of hydrogen-bond donors (Lipinski definition) is 0. The molecule has 2 heterocycles. The summed E-state index contributed by atoms with van der Waals surface area (Å²) in [4.78, 5) is 11.2. The van der Waals surface area contributed by atoms with Gasteiger partial charge in [0.25, 0.3) is 0 Å². The van der Waals surface area contributed by atoms with E-state index in [9.17, 15) is 4.79 Å². The Morgan fingerprint density at radius 1 is 1.43 bits per heavy atom.